The summed E-state index contributed by atoms with van der Waals surface area (Å²) in [6, 6.07) is 8.52. The number of aromatic nitrogens is 2. The van der Waals surface area contributed by atoms with Crippen LogP contribution < -0.4 is 5.32 Å². The van der Waals surface area contributed by atoms with Crippen LogP contribution in [-0.2, 0) is 13.6 Å². The minimum atomic E-state index is 0.795. The van der Waals surface area contributed by atoms with E-state index in [0.717, 1.165) is 18.1 Å². The van der Waals surface area contributed by atoms with Crippen LogP contribution >= 0.6 is 0 Å². The first-order valence-electron chi connectivity index (χ1n) is 5.87. The molecule has 1 aromatic carbocycles. The molecule has 0 amide bonds. The molecule has 1 N–H and O–H groups in total. The van der Waals surface area contributed by atoms with Crippen molar-refractivity contribution < 1.29 is 0 Å². The number of nitrogens with zero attached hydrogens (tertiary/aromatic N) is 2. The van der Waals surface area contributed by atoms with Crippen molar-refractivity contribution in [3.05, 3.63) is 41.3 Å². The molecule has 3 heteroatoms. The lowest BCUT2D eigenvalue weighted by Crippen LogP contribution is -2.10. The van der Waals surface area contributed by atoms with Crippen LogP contribution in [0, 0.1) is 13.8 Å². The highest BCUT2D eigenvalue weighted by Crippen LogP contribution is 2.23. The molecule has 0 unspecified atom stereocenters. The zero-order valence-corrected chi connectivity index (χ0v) is 10.9. The average Bonchev–Trinajstić information content (AvgIpc) is 2.59. The topological polar surface area (TPSA) is 29.9 Å². The minimum absolute atomic E-state index is 0.795. The Morgan fingerprint density at radius 3 is 2.41 bits per heavy atom. The summed E-state index contributed by atoms with van der Waals surface area (Å²) in [5, 5.41) is 3.14. The zero-order chi connectivity index (χ0) is 12.4. The minimum Gasteiger partial charge on any atom is -0.334 e. The van der Waals surface area contributed by atoms with Crippen molar-refractivity contribution in [1.82, 2.24) is 14.9 Å². The molecule has 0 spiro atoms. The molecule has 17 heavy (non-hydrogen) atoms. The van der Waals surface area contributed by atoms with Crippen molar-refractivity contribution in [2.75, 3.05) is 7.05 Å². The Hall–Kier alpha value is -1.61. The van der Waals surface area contributed by atoms with Crippen molar-refractivity contribution in [3.63, 3.8) is 0 Å². The molecule has 3 nitrogen and oxygen atoms in total. The summed E-state index contributed by atoms with van der Waals surface area (Å²) < 4.78 is 2.14. The Balaban J connectivity index is 2.45. The van der Waals surface area contributed by atoms with Crippen LogP contribution in [0.15, 0.2) is 24.3 Å². The molecule has 90 valence electrons. The summed E-state index contributed by atoms with van der Waals surface area (Å²) in [5.41, 5.74) is 4.75. The van der Waals surface area contributed by atoms with Crippen LogP contribution in [0.25, 0.3) is 11.3 Å². The number of aryl methyl sites for hydroxylation is 1. The van der Waals surface area contributed by atoms with Crippen molar-refractivity contribution >= 4 is 0 Å². The maximum absolute atomic E-state index is 4.70. The van der Waals surface area contributed by atoms with Crippen molar-refractivity contribution in [2.24, 2.45) is 7.05 Å². The molecule has 0 atom stereocenters. The molecular weight excluding hydrogens is 210 g/mol. The van der Waals surface area contributed by atoms with E-state index in [1.165, 1.54) is 16.8 Å². The standard InChI is InChI=1S/C14H19N3/c1-10-5-7-12(8-6-10)14-11(2)17(4)13(16-14)9-15-3/h5-8,15H,9H2,1-4H3. The Morgan fingerprint density at radius 2 is 1.82 bits per heavy atom. The number of rotatable bonds is 3. The van der Waals surface area contributed by atoms with Crippen molar-refractivity contribution in [2.45, 2.75) is 20.4 Å². The monoisotopic (exact) mass is 229 g/mol. The van der Waals surface area contributed by atoms with E-state index in [1.807, 2.05) is 7.05 Å². The molecule has 2 aromatic rings. The normalized spacial score (nSPS) is 10.8. The van der Waals surface area contributed by atoms with Gasteiger partial charge in [0.25, 0.3) is 0 Å². The number of imidazole rings is 1. The van der Waals surface area contributed by atoms with Gasteiger partial charge in [0.05, 0.1) is 12.2 Å². The third kappa shape index (κ3) is 2.24. The molecule has 0 saturated heterocycles. The summed E-state index contributed by atoms with van der Waals surface area (Å²) in [4.78, 5) is 4.70. The van der Waals surface area contributed by atoms with Crippen LogP contribution in [-0.4, -0.2) is 16.6 Å². The lowest BCUT2D eigenvalue weighted by Gasteiger charge is -2.02. The third-order valence-electron chi connectivity index (χ3n) is 3.13. The van der Waals surface area contributed by atoms with Crippen LogP contribution in [0.3, 0.4) is 0 Å². The van der Waals surface area contributed by atoms with Gasteiger partial charge in [0, 0.05) is 18.3 Å². The summed E-state index contributed by atoms with van der Waals surface area (Å²) in [6.45, 7) is 5.01. The van der Waals surface area contributed by atoms with E-state index in [2.05, 4.69) is 55.0 Å². The summed E-state index contributed by atoms with van der Waals surface area (Å²) in [7, 11) is 4.00. The van der Waals surface area contributed by atoms with Gasteiger partial charge in [-0.05, 0) is 20.9 Å². The van der Waals surface area contributed by atoms with Gasteiger partial charge >= 0.3 is 0 Å². The molecular formula is C14H19N3. The number of nitrogens with one attached hydrogen (secondary N) is 1. The molecule has 0 radical (unpaired) electrons. The molecule has 1 heterocycles. The Kier molecular flexibility index (Phi) is 3.29. The van der Waals surface area contributed by atoms with Gasteiger partial charge in [-0.2, -0.15) is 0 Å². The van der Waals surface area contributed by atoms with Gasteiger partial charge in [-0.3, -0.25) is 0 Å². The highest BCUT2D eigenvalue weighted by Gasteiger charge is 2.11. The van der Waals surface area contributed by atoms with Crippen LogP contribution in [0.2, 0.25) is 0 Å². The van der Waals surface area contributed by atoms with Crippen LogP contribution in [0.1, 0.15) is 17.1 Å². The molecule has 0 aliphatic carbocycles. The zero-order valence-electron chi connectivity index (χ0n) is 10.9. The van der Waals surface area contributed by atoms with E-state index in [1.54, 1.807) is 0 Å². The molecule has 0 fully saturated rings. The highest BCUT2D eigenvalue weighted by molar-refractivity contribution is 5.62. The van der Waals surface area contributed by atoms with Crippen LogP contribution in [0.4, 0.5) is 0 Å². The quantitative estimate of drug-likeness (QED) is 0.876. The molecule has 0 aliphatic heterocycles. The van der Waals surface area contributed by atoms with Crippen molar-refractivity contribution in [1.29, 1.82) is 0 Å². The fraction of sp³-hybridized carbons (Fsp3) is 0.357. The van der Waals surface area contributed by atoms with E-state index in [9.17, 15) is 0 Å². The average molecular weight is 229 g/mol. The fourth-order valence-corrected chi connectivity index (χ4v) is 1.94. The Bertz CT molecular complexity index is 509. The van der Waals surface area contributed by atoms with Gasteiger partial charge in [0.2, 0.25) is 0 Å². The maximum Gasteiger partial charge on any atom is 0.123 e. The first-order valence-corrected chi connectivity index (χ1v) is 5.87. The first-order chi connectivity index (χ1) is 8.13. The second-order valence-electron chi connectivity index (χ2n) is 4.42. The van der Waals surface area contributed by atoms with Gasteiger partial charge in [-0.1, -0.05) is 29.8 Å². The van der Waals surface area contributed by atoms with Gasteiger partial charge in [-0.15, -0.1) is 0 Å². The van der Waals surface area contributed by atoms with E-state index in [0.29, 0.717) is 0 Å². The van der Waals surface area contributed by atoms with Gasteiger partial charge in [0.15, 0.2) is 0 Å². The van der Waals surface area contributed by atoms with E-state index >= 15 is 0 Å². The summed E-state index contributed by atoms with van der Waals surface area (Å²) in [6.07, 6.45) is 0. The summed E-state index contributed by atoms with van der Waals surface area (Å²) in [5.74, 6) is 1.07. The number of benzene rings is 1. The lowest BCUT2D eigenvalue weighted by molar-refractivity contribution is 0.701. The molecule has 0 saturated carbocycles. The third-order valence-corrected chi connectivity index (χ3v) is 3.13. The van der Waals surface area contributed by atoms with Crippen LogP contribution in [0.5, 0.6) is 0 Å². The predicted molar refractivity (Wildman–Crippen MR) is 70.9 cm³/mol. The summed E-state index contributed by atoms with van der Waals surface area (Å²) >= 11 is 0. The maximum atomic E-state index is 4.70. The second-order valence-corrected chi connectivity index (χ2v) is 4.42. The van der Waals surface area contributed by atoms with Gasteiger partial charge < -0.3 is 9.88 Å². The van der Waals surface area contributed by atoms with Gasteiger partial charge in [0.1, 0.15) is 5.82 Å². The number of hydrogen-bond acceptors (Lipinski definition) is 2. The van der Waals surface area contributed by atoms with Crippen molar-refractivity contribution in [3.8, 4) is 11.3 Å². The number of hydrogen-bond donors (Lipinski definition) is 1. The molecule has 0 aliphatic rings. The molecule has 2 rings (SSSR count). The fourth-order valence-electron chi connectivity index (χ4n) is 1.94. The smallest absolute Gasteiger partial charge is 0.123 e. The van der Waals surface area contributed by atoms with Gasteiger partial charge in [-0.25, -0.2) is 4.98 Å². The Labute approximate surface area is 103 Å². The second kappa shape index (κ2) is 4.72. The largest absolute Gasteiger partial charge is 0.334 e. The first kappa shape index (κ1) is 11.9. The van der Waals surface area contributed by atoms with E-state index in [4.69, 9.17) is 4.98 Å². The SMILES string of the molecule is CNCc1nc(-c2ccc(C)cc2)c(C)n1C. The molecule has 0 bridgehead atoms. The highest BCUT2D eigenvalue weighted by atomic mass is 15.1. The van der Waals surface area contributed by atoms with E-state index in [-0.39, 0.29) is 0 Å². The molecule has 1 aromatic heterocycles. The Morgan fingerprint density at radius 1 is 1.18 bits per heavy atom. The lowest BCUT2D eigenvalue weighted by atomic mass is 10.1. The predicted octanol–water partition coefficient (Wildman–Crippen LogP) is 2.42. The van der Waals surface area contributed by atoms with E-state index < -0.39 is 0 Å².